The Bertz CT molecular complexity index is 1430. The van der Waals surface area contributed by atoms with Crippen LogP contribution in [0.25, 0.3) is 17.1 Å². The number of furan rings is 1. The Hall–Kier alpha value is -4.19. The molecule has 0 saturated carbocycles. The Morgan fingerprint density at radius 1 is 1.19 bits per heavy atom. The standard InChI is InChI=1S/C24H26FN9O2/c1-31(24-28-21-14-18(20-3-2-10-36-20)30-34(21)23(26)29-24)4-5-32-6-8-33(9-7-32)19-11-15-12-22(35)27-17(15)13-16(19)25/h2-3,10-11,13-14H,4-9,12H2,1H3,(H,27,35)(H2,26,28,29). The van der Waals surface area contributed by atoms with Crippen LogP contribution >= 0.6 is 0 Å². The molecule has 1 aromatic carbocycles. The van der Waals surface area contributed by atoms with Crippen LogP contribution in [0.5, 0.6) is 0 Å². The first kappa shape index (κ1) is 22.3. The normalized spacial score (nSPS) is 15.9. The number of rotatable bonds is 6. The minimum atomic E-state index is -0.302. The van der Waals surface area contributed by atoms with Crippen LogP contribution in [-0.2, 0) is 11.2 Å². The smallest absolute Gasteiger partial charge is 0.230 e. The van der Waals surface area contributed by atoms with Gasteiger partial charge in [-0.2, -0.15) is 19.6 Å². The average molecular weight is 492 g/mol. The first-order chi connectivity index (χ1) is 17.4. The van der Waals surface area contributed by atoms with E-state index in [1.165, 1.54) is 10.6 Å². The van der Waals surface area contributed by atoms with E-state index in [9.17, 15) is 9.18 Å². The van der Waals surface area contributed by atoms with Crippen LogP contribution in [0.15, 0.2) is 41.0 Å². The molecule has 1 amide bonds. The summed E-state index contributed by atoms with van der Waals surface area (Å²) in [7, 11) is 1.93. The molecule has 186 valence electrons. The minimum absolute atomic E-state index is 0.0911. The number of nitrogen functional groups attached to an aromatic ring is 1. The first-order valence-electron chi connectivity index (χ1n) is 11.8. The zero-order valence-corrected chi connectivity index (χ0v) is 19.8. The second-order valence-corrected chi connectivity index (χ2v) is 9.09. The number of halogens is 1. The fourth-order valence-corrected chi connectivity index (χ4v) is 4.69. The van der Waals surface area contributed by atoms with Gasteiger partial charge in [0.25, 0.3) is 0 Å². The molecule has 3 N–H and O–H groups in total. The number of aromatic nitrogens is 4. The van der Waals surface area contributed by atoms with Gasteiger partial charge in [0, 0.05) is 58.1 Å². The number of anilines is 4. The van der Waals surface area contributed by atoms with Crippen molar-refractivity contribution in [1.82, 2.24) is 24.5 Å². The van der Waals surface area contributed by atoms with E-state index in [-0.39, 0.29) is 17.7 Å². The Labute approximate surface area is 206 Å². The predicted octanol–water partition coefficient (Wildman–Crippen LogP) is 1.86. The molecule has 36 heavy (non-hydrogen) atoms. The summed E-state index contributed by atoms with van der Waals surface area (Å²) in [5.41, 5.74) is 9.38. The van der Waals surface area contributed by atoms with E-state index in [4.69, 9.17) is 10.2 Å². The summed E-state index contributed by atoms with van der Waals surface area (Å²) < 4.78 is 21.6. The monoisotopic (exact) mass is 491 g/mol. The number of nitrogens with two attached hydrogens (primary N) is 1. The summed E-state index contributed by atoms with van der Waals surface area (Å²) in [5.74, 6) is 1.02. The molecular formula is C24H26FN9O2. The highest BCUT2D eigenvalue weighted by Crippen LogP contribution is 2.31. The molecule has 0 bridgehead atoms. The van der Waals surface area contributed by atoms with E-state index in [2.05, 4.69) is 25.3 Å². The van der Waals surface area contributed by atoms with E-state index in [0.29, 0.717) is 60.5 Å². The molecule has 11 nitrogen and oxygen atoms in total. The van der Waals surface area contributed by atoms with Crippen molar-refractivity contribution < 1.29 is 13.6 Å². The van der Waals surface area contributed by atoms with Gasteiger partial charge in [-0.1, -0.05) is 0 Å². The number of fused-ring (bicyclic) bond motifs is 2. The molecule has 3 aromatic heterocycles. The number of carbonyl (C=O) groups excluding carboxylic acids is 1. The highest BCUT2D eigenvalue weighted by molar-refractivity contribution is 5.99. The summed E-state index contributed by atoms with van der Waals surface area (Å²) in [4.78, 5) is 27.0. The summed E-state index contributed by atoms with van der Waals surface area (Å²) >= 11 is 0. The van der Waals surface area contributed by atoms with Gasteiger partial charge >= 0.3 is 0 Å². The van der Waals surface area contributed by atoms with Crippen molar-refractivity contribution >= 4 is 34.8 Å². The van der Waals surface area contributed by atoms with Crippen LogP contribution in [0.4, 0.5) is 27.7 Å². The molecule has 0 spiro atoms. The van der Waals surface area contributed by atoms with Gasteiger partial charge < -0.3 is 25.3 Å². The highest BCUT2D eigenvalue weighted by atomic mass is 19.1. The third-order valence-electron chi connectivity index (χ3n) is 6.71. The van der Waals surface area contributed by atoms with Crippen molar-refractivity contribution in [2.24, 2.45) is 0 Å². The van der Waals surface area contributed by atoms with Gasteiger partial charge in [0.05, 0.1) is 18.4 Å². The van der Waals surface area contributed by atoms with Crippen molar-refractivity contribution in [2.75, 3.05) is 67.2 Å². The van der Waals surface area contributed by atoms with Gasteiger partial charge in [-0.25, -0.2) is 4.39 Å². The van der Waals surface area contributed by atoms with E-state index in [1.54, 1.807) is 18.4 Å². The molecule has 1 saturated heterocycles. The van der Waals surface area contributed by atoms with Crippen LogP contribution < -0.4 is 20.9 Å². The lowest BCUT2D eigenvalue weighted by atomic mass is 10.1. The molecular weight excluding hydrogens is 465 g/mol. The molecule has 12 heteroatoms. The molecule has 6 rings (SSSR count). The number of likely N-dealkylation sites (N-methyl/N-ethyl adjacent to an activating group) is 1. The van der Waals surface area contributed by atoms with E-state index in [0.717, 1.165) is 25.2 Å². The lowest BCUT2D eigenvalue weighted by Crippen LogP contribution is -2.48. The predicted molar refractivity (Wildman–Crippen MR) is 134 cm³/mol. The number of nitrogens with one attached hydrogen (secondary N) is 1. The Morgan fingerprint density at radius 2 is 2.03 bits per heavy atom. The van der Waals surface area contributed by atoms with Crippen molar-refractivity contribution in [2.45, 2.75) is 6.42 Å². The van der Waals surface area contributed by atoms with Crippen LogP contribution in [0.3, 0.4) is 0 Å². The third-order valence-corrected chi connectivity index (χ3v) is 6.71. The molecule has 2 aliphatic rings. The zero-order valence-electron chi connectivity index (χ0n) is 19.8. The van der Waals surface area contributed by atoms with Crippen LogP contribution in [-0.4, -0.2) is 76.7 Å². The third kappa shape index (κ3) is 4.09. The number of hydrogen-bond acceptors (Lipinski definition) is 9. The summed E-state index contributed by atoms with van der Waals surface area (Å²) in [6, 6.07) is 8.68. The Balaban J connectivity index is 1.07. The Morgan fingerprint density at radius 3 is 2.81 bits per heavy atom. The van der Waals surface area contributed by atoms with Crippen molar-refractivity contribution in [1.29, 1.82) is 0 Å². The molecule has 0 aliphatic carbocycles. The van der Waals surface area contributed by atoms with Crippen LogP contribution in [0.1, 0.15) is 5.56 Å². The van der Waals surface area contributed by atoms with Gasteiger partial charge in [0.15, 0.2) is 11.4 Å². The van der Waals surface area contributed by atoms with Gasteiger partial charge in [-0.15, -0.1) is 0 Å². The maximum atomic E-state index is 14.7. The number of carbonyl (C=O) groups is 1. The molecule has 1 fully saturated rings. The van der Waals surface area contributed by atoms with E-state index >= 15 is 0 Å². The molecule has 5 heterocycles. The quantitative estimate of drug-likeness (QED) is 0.416. The summed E-state index contributed by atoms with van der Waals surface area (Å²) in [6.45, 7) is 4.54. The largest absolute Gasteiger partial charge is 0.463 e. The topological polar surface area (TPSA) is 121 Å². The lowest BCUT2D eigenvalue weighted by molar-refractivity contribution is -0.115. The van der Waals surface area contributed by atoms with Crippen molar-refractivity contribution in [3.63, 3.8) is 0 Å². The Kier molecular flexibility index (Phi) is 5.44. The number of piperazine rings is 1. The van der Waals surface area contributed by atoms with Crippen molar-refractivity contribution in [3.8, 4) is 11.5 Å². The highest BCUT2D eigenvalue weighted by Gasteiger charge is 2.25. The lowest BCUT2D eigenvalue weighted by Gasteiger charge is -2.37. The number of hydrogen-bond donors (Lipinski definition) is 2. The average Bonchev–Trinajstić information content (AvgIpc) is 3.61. The van der Waals surface area contributed by atoms with Gasteiger partial charge in [-0.3, -0.25) is 9.69 Å². The number of amides is 1. The maximum absolute atomic E-state index is 14.7. The molecule has 0 atom stereocenters. The van der Waals surface area contributed by atoms with Gasteiger partial charge in [0.1, 0.15) is 11.5 Å². The minimum Gasteiger partial charge on any atom is -0.463 e. The van der Waals surface area contributed by atoms with Gasteiger partial charge in [0.2, 0.25) is 17.8 Å². The number of benzene rings is 1. The second-order valence-electron chi connectivity index (χ2n) is 9.09. The van der Waals surface area contributed by atoms with Gasteiger partial charge in [-0.05, 0) is 29.8 Å². The number of nitrogens with zero attached hydrogens (tertiary/aromatic N) is 7. The fraction of sp³-hybridized carbons (Fsp3) is 0.333. The molecule has 4 aromatic rings. The molecule has 0 unspecified atom stereocenters. The summed E-state index contributed by atoms with van der Waals surface area (Å²) in [6.07, 6.45) is 1.89. The van der Waals surface area contributed by atoms with E-state index < -0.39 is 0 Å². The summed E-state index contributed by atoms with van der Waals surface area (Å²) in [5, 5.41) is 7.13. The van der Waals surface area contributed by atoms with Crippen LogP contribution in [0, 0.1) is 5.82 Å². The zero-order chi connectivity index (χ0) is 24.8. The SMILES string of the molecule is CN(CCN1CCN(c2cc3c(cc2F)NC(=O)C3)CC1)c1nc(N)n2nc(-c3ccco3)cc2n1. The first-order valence-corrected chi connectivity index (χ1v) is 11.8. The van der Waals surface area contributed by atoms with E-state index in [1.807, 2.05) is 29.0 Å². The maximum Gasteiger partial charge on any atom is 0.230 e. The molecule has 0 radical (unpaired) electrons. The molecule has 2 aliphatic heterocycles. The second kappa shape index (κ2) is 8.79. The fourth-order valence-electron chi connectivity index (χ4n) is 4.69. The van der Waals surface area contributed by atoms with Crippen LogP contribution in [0.2, 0.25) is 0 Å². The van der Waals surface area contributed by atoms with Crippen molar-refractivity contribution in [3.05, 3.63) is 48.0 Å².